The third-order valence-electron chi connectivity index (χ3n) is 5.41. The summed E-state index contributed by atoms with van der Waals surface area (Å²) in [6.45, 7) is 11.6. The van der Waals surface area contributed by atoms with Crippen LogP contribution in [0.15, 0.2) is 11.5 Å². The Morgan fingerprint density at radius 3 is 2.74 bits per heavy atom. The Labute approximate surface area is 146 Å². The highest BCUT2D eigenvalue weighted by Gasteiger charge is 2.39. The van der Waals surface area contributed by atoms with Crippen molar-refractivity contribution in [3.05, 3.63) is 11.5 Å². The molecule has 1 heterocycles. The number of likely N-dealkylation sites (tertiary alicyclic amines) is 1. The number of amides is 1. The molecule has 0 aromatic carbocycles. The first-order chi connectivity index (χ1) is 11.1. The van der Waals surface area contributed by atoms with Crippen LogP contribution in [0.25, 0.3) is 0 Å². The first-order valence-electron chi connectivity index (χ1n) is 9.46. The molecule has 2 aliphatic rings. The molecule has 1 saturated carbocycles. The first kappa shape index (κ1) is 18.9. The summed E-state index contributed by atoms with van der Waals surface area (Å²) in [4.78, 5) is 16.3. The van der Waals surface area contributed by atoms with Crippen LogP contribution in [0.3, 0.4) is 0 Å². The standard InChI is InChI=1S/C19H34N2OS/c1-5-9-17(15(4)23-6-2)20-14(3)19(22)21-13-12-16-10-7-8-11-18(16)21/h14,16-18,20H,4-13H2,1-3H3. The summed E-state index contributed by atoms with van der Waals surface area (Å²) >= 11 is 1.80. The van der Waals surface area contributed by atoms with Crippen molar-refractivity contribution in [2.75, 3.05) is 12.3 Å². The maximum absolute atomic E-state index is 12.9. The Bertz CT molecular complexity index is 412. The van der Waals surface area contributed by atoms with Gasteiger partial charge in [0.1, 0.15) is 0 Å². The SMILES string of the molecule is C=C(SCC)C(CCC)NC(C)C(=O)N1CCC2CCCCC21. The van der Waals surface area contributed by atoms with E-state index in [2.05, 4.69) is 30.6 Å². The second-order valence-electron chi connectivity index (χ2n) is 7.06. The van der Waals surface area contributed by atoms with E-state index in [1.54, 1.807) is 11.8 Å². The molecule has 1 aliphatic heterocycles. The average Bonchev–Trinajstić information content (AvgIpc) is 2.97. The van der Waals surface area contributed by atoms with Crippen molar-refractivity contribution in [3.8, 4) is 0 Å². The second-order valence-corrected chi connectivity index (χ2v) is 8.45. The van der Waals surface area contributed by atoms with E-state index in [0.29, 0.717) is 11.9 Å². The smallest absolute Gasteiger partial charge is 0.239 e. The van der Waals surface area contributed by atoms with Crippen molar-refractivity contribution >= 4 is 17.7 Å². The molecule has 1 aliphatic carbocycles. The van der Waals surface area contributed by atoms with Gasteiger partial charge in [-0.2, -0.15) is 0 Å². The number of thioether (sulfide) groups is 1. The molecule has 4 unspecified atom stereocenters. The molecule has 2 fully saturated rings. The van der Waals surface area contributed by atoms with Crippen molar-refractivity contribution in [2.45, 2.75) is 83.8 Å². The zero-order valence-electron chi connectivity index (χ0n) is 15.1. The van der Waals surface area contributed by atoms with Gasteiger partial charge in [-0.1, -0.05) is 39.7 Å². The maximum Gasteiger partial charge on any atom is 0.239 e. The van der Waals surface area contributed by atoms with E-state index >= 15 is 0 Å². The van der Waals surface area contributed by atoms with Crippen LogP contribution >= 0.6 is 11.8 Å². The number of hydrogen-bond donors (Lipinski definition) is 1. The number of carbonyl (C=O) groups excluding carboxylic acids is 1. The van der Waals surface area contributed by atoms with Gasteiger partial charge in [-0.05, 0) is 49.2 Å². The Morgan fingerprint density at radius 2 is 2.04 bits per heavy atom. The van der Waals surface area contributed by atoms with Gasteiger partial charge in [0.05, 0.1) is 6.04 Å². The monoisotopic (exact) mass is 338 g/mol. The fraction of sp³-hybridized carbons (Fsp3) is 0.842. The number of hydrogen-bond acceptors (Lipinski definition) is 3. The van der Waals surface area contributed by atoms with E-state index < -0.39 is 0 Å². The number of nitrogens with one attached hydrogen (secondary N) is 1. The van der Waals surface area contributed by atoms with Gasteiger partial charge in [0.15, 0.2) is 0 Å². The molecule has 1 N–H and O–H groups in total. The molecule has 0 radical (unpaired) electrons. The summed E-state index contributed by atoms with van der Waals surface area (Å²) in [7, 11) is 0. The topological polar surface area (TPSA) is 32.3 Å². The molecular weight excluding hydrogens is 304 g/mol. The Hall–Kier alpha value is -0.480. The summed E-state index contributed by atoms with van der Waals surface area (Å²) in [5, 5.41) is 3.56. The second kappa shape index (κ2) is 9.12. The number of fused-ring (bicyclic) bond motifs is 1. The molecule has 132 valence electrons. The minimum absolute atomic E-state index is 0.110. The van der Waals surface area contributed by atoms with Crippen molar-refractivity contribution in [1.82, 2.24) is 10.2 Å². The van der Waals surface area contributed by atoms with E-state index in [-0.39, 0.29) is 12.1 Å². The lowest BCUT2D eigenvalue weighted by atomic mass is 9.85. The van der Waals surface area contributed by atoms with E-state index in [0.717, 1.165) is 31.1 Å². The number of nitrogens with zero attached hydrogens (tertiary/aromatic N) is 1. The normalized spacial score (nSPS) is 26.7. The van der Waals surface area contributed by atoms with Gasteiger partial charge in [-0.3, -0.25) is 10.1 Å². The predicted octanol–water partition coefficient (Wildman–Crippen LogP) is 4.19. The van der Waals surface area contributed by atoms with Gasteiger partial charge in [0, 0.05) is 18.6 Å². The molecule has 2 rings (SSSR count). The lowest BCUT2D eigenvalue weighted by molar-refractivity contribution is -0.134. The maximum atomic E-state index is 12.9. The Morgan fingerprint density at radius 1 is 1.30 bits per heavy atom. The van der Waals surface area contributed by atoms with E-state index in [1.807, 2.05) is 6.92 Å². The van der Waals surface area contributed by atoms with Gasteiger partial charge < -0.3 is 4.90 Å². The van der Waals surface area contributed by atoms with Gasteiger partial charge in [-0.15, -0.1) is 11.8 Å². The van der Waals surface area contributed by atoms with E-state index in [4.69, 9.17) is 0 Å². The van der Waals surface area contributed by atoms with Crippen LogP contribution in [0.5, 0.6) is 0 Å². The molecular formula is C19H34N2OS. The molecule has 23 heavy (non-hydrogen) atoms. The first-order valence-corrected chi connectivity index (χ1v) is 10.4. The highest BCUT2D eigenvalue weighted by Crippen LogP contribution is 2.36. The Kier molecular flexibility index (Phi) is 7.48. The van der Waals surface area contributed by atoms with Crippen LogP contribution in [0.2, 0.25) is 0 Å². The lowest BCUT2D eigenvalue weighted by Crippen LogP contribution is -2.51. The minimum atomic E-state index is -0.110. The van der Waals surface area contributed by atoms with Crippen molar-refractivity contribution in [1.29, 1.82) is 0 Å². The molecule has 0 aromatic rings. The third-order valence-corrected chi connectivity index (χ3v) is 6.35. The molecule has 4 heteroatoms. The molecule has 4 atom stereocenters. The van der Waals surface area contributed by atoms with E-state index in [1.165, 1.54) is 37.0 Å². The van der Waals surface area contributed by atoms with E-state index in [9.17, 15) is 4.79 Å². The highest BCUT2D eigenvalue weighted by atomic mass is 32.2. The zero-order chi connectivity index (χ0) is 16.8. The Balaban J connectivity index is 1.94. The number of carbonyl (C=O) groups is 1. The van der Waals surface area contributed by atoms with Crippen LogP contribution < -0.4 is 5.32 Å². The third kappa shape index (κ3) is 4.76. The molecule has 3 nitrogen and oxygen atoms in total. The van der Waals surface area contributed by atoms with Crippen LogP contribution in [-0.4, -0.2) is 41.2 Å². The molecule has 1 amide bonds. The van der Waals surface area contributed by atoms with Crippen LogP contribution in [0.1, 0.15) is 65.7 Å². The fourth-order valence-electron chi connectivity index (χ4n) is 4.21. The molecule has 0 bridgehead atoms. The summed E-state index contributed by atoms with van der Waals surface area (Å²) in [6, 6.07) is 0.647. The summed E-state index contributed by atoms with van der Waals surface area (Å²) < 4.78 is 0. The summed E-state index contributed by atoms with van der Waals surface area (Å²) in [5.74, 6) is 2.10. The molecule has 0 spiro atoms. The van der Waals surface area contributed by atoms with Crippen molar-refractivity contribution in [2.24, 2.45) is 5.92 Å². The van der Waals surface area contributed by atoms with Crippen molar-refractivity contribution in [3.63, 3.8) is 0 Å². The predicted molar refractivity (Wildman–Crippen MR) is 101 cm³/mol. The van der Waals surface area contributed by atoms with Gasteiger partial charge >= 0.3 is 0 Å². The molecule has 1 saturated heterocycles. The highest BCUT2D eigenvalue weighted by molar-refractivity contribution is 8.03. The van der Waals surface area contributed by atoms with Gasteiger partial charge in [-0.25, -0.2) is 0 Å². The summed E-state index contributed by atoms with van der Waals surface area (Å²) in [6.07, 6.45) is 8.53. The molecule has 0 aromatic heterocycles. The number of rotatable bonds is 8. The minimum Gasteiger partial charge on any atom is -0.338 e. The quantitative estimate of drug-likeness (QED) is 0.720. The van der Waals surface area contributed by atoms with Crippen LogP contribution in [-0.2, 0) is 4.79 Å². The zero-order valence-corrected chi connectivity index (χ0v) is 16.0. The van der Waals surface area contributed by atoms with Crippen LogP contribution in [0, 0.1) is 5.92 Å². The van der Waals surface area contributed by atoms with Gasteiger partial charge in [0.25, 0.3) is 0 Å². The lowest BCUT2D eigenvalue weighted by Gasteiger charge is -2.34. The van der Waals surface area contributed by atoms with Gasteiger partial charge in [0.2, 0.25) is 5.91 Å². The van der Waals surface area contributed by atoms with Crippen molar-refractivity contribution < 1.29 is 4.79 Å². The van der Waals surface area contributed by atoms with Crippen LogP contribution in [0.4, 0.5) is 0 Å². The summed E-state index contributed by atoms with van der Waals surface area (Å²) in [5.41, 5.74) is 0. The fourth-order valence-corrected chi connectivity index (χ4v) is 4.97. The largest absolute Gasteiger partial charge is 0.338 e. The average molecular weight is 339 g/mol.